The predicted molar refractivity (Wildman–Crippen MR) is 75.9 cm³/mol. The minimum absolute atomic E-state index is 0.00261. The molecule has 0 saturated heterocycles. The minimum atomic E-state index is -3.54. The third-order valence-electron chi connectivity index (χ3n) is 2.69. The van der Waals surface area contributed by atoms with Gasteiger partial charge in [-0.2, -0.15) is 0 Å². The number of carboxylic acids is 1. The largest absolute Gasteiger partial charge is 0.478 e. The molecule has 0 spiro atoms. The first-order chi connectivity index (χ1) is 9.03. The van der Waals surface area contributed by atoms with Gasteiger partial charge in [0.05, 0.1) is 28.4 Å². The highest BCUT2D eigenvalue weighted by Crippen LogP contribution is 2.17. The van der Waals surface area contributed by atoms with Crippen LogP contribution in [0.15, 0.2) is 23.1 Å². The summed E-state index contributed by atoms with van der Waals surface area (Å²) in [5.74, 6) is -1.31. The second kappa shape index (κ2) is 5.93. The summed E-state index contributed by atoms with van der Waals surface area (Å²) in [6.07, 6.45) is 0. The fourth-order valence-corrected chi connectivity index (χ4v) is 2.71. The van der Waals surface area contributed by atoms with E-state index in [1.807, 2.05) is 20.8 Å². The molecule has 0 bridgehead atoms. The van der Waals surface area contributed by atoms with Gasteiger partial charge in [-0.05, 0) is 45.4 Å². The van der Waals surface area contributed by atoms with Gasteiger partial charge < -0.3 is 9.84 Å². The van der Waals surface area contributed by atoms with E-state index < -0.39 is 21.4 Å². The molecule has 20 heavy (non-hydrogen) atoms. The number of aryl methyl sites for hydroxylation is 1. The van der Waals surface area contributed by atoms with Crippen molar-refractivity contribution in [3.8, 4) is 0 Å². The van der Waals surface area contributed by atoms with Crippen LogP contribution in [-0.4, -0.2) is 37.5 Å². The van der Waals surface area contributed by atoms with Crippen molar-refractivity contribution >= 4 is 15.8 Å². The van der Waals surface area contributed by atoms with Gasteiger partial charge in [0.25, 0.3) is 0 Å². The SMILES string of the molecule is Cc1ccc(S(=O)(=O)CCOC(C)(C)C)cc1C(=O)O. The van der Waals surface area contributed by atoms with Crippen molar-refractivity contribution in [3.63, 3.8) is 0 Å². The molecule has 1 rings (SSSR count). The molecule has 0 atom stereocenters. The first-order valence-corrected chi connectivity index (χ1v) is 7.89. The number of hydrogen-bond donors (Lipinski definition) is 1. The Morgan fingerprint density at radius 1 is 1.30 bits per heavy atom. The summed E-state index contributed by atoms with van der Waals surface area (Å²) in [6.45, 7) is 7.22. The number of carbonyl (C=O) groups is 1. The third-order valence-corrected chi connectivity index (χ3v) is 4.36. The topological polar surface area (TPSA) is 80.7 Å². The fraction of sp³-hybridized carbons (Fsp3) is 0.500. The summed E-state index contributed by atoms with van der Waals surface area (Å²) in [6, 6.07) is 4.12. The maximum Gasteiger partial charge on any atom is 0.335 e. The van der Waals surface area contributed by atoms with Gasteiger partial charge in [-0.3, -0.25) is 0 Å². The zero-order chi connectivity index (χ0) is 15.6. The lowest BCUT2D eigenvalue weighted by Gasteiger charge is -2.19. The number of aromatic carboxylic acids is 1. The number of rotatable bonds is 5. The molecule has 1 aromatic rings. The number of carboxylic acid groups (broad SMARTS) is 1. The lowest BCUT2D eigenvalue weighted by molar-refractivity contribution is 0.00644. The van der Waals surface area contributed by atoms with Crippen LogP contribution >= 0.6 is 0 Å². The van der Waals surface area contributed by atoms with E-state index in [2.05, 4.69) is 0 Å². The molecule has 112 valence electrons. The molecule has 0 fully saturated rings. The van der Waals surface area contributed by atoms with Gasteiger partial charge in [-0.15, -0.1) is 0 Å². The molecular formula is C14H20O5S. The van der Waals surface area contributed by atoms with Crippen molar-refractivity contribution in [1.29, 1.82) is 0 Å². The number of ether oxygens (including phenoxy) is 1. The summed E-state index contributed by atoms with van der Waals surface area (Å²) in [5.41, 5.74) is 0.125. The molecule has 1 aromatic carbocycles. The summed E-state index contributed by atoms with van der Waals surface area (Å²) >= 11 is 0. The maximum atomic E-state index is 12.1. The van der Waals surface area contributed by atoms with Crippen LogP contribution in [-0.2, 0) is 14.6 Å². The Morgan fingerprint density at radius 2 is 1.90 bits per heavy atom. The van der Waals surface area contributed by atoms with Gasteiger partial charge in [0.15, 0.2) is 9.84 Å². The van der Waals surface area contributed by atoms with Crippen LogP contribution in [0.1, 0.15) is 36.7 Å². The van der Waals surface area contributed by atoms with Crippen molar-refractivity contribution in [1.82, 2.24) is 0 Å². The Labute approximate surface area is 119 Å². The van der Waals surface area contributed by atoms with Gasteiger partial charge in [0.1, 0.15) is 0 Å². The molecule has 0 aliphatic heterocycles. The molecule has 0 aromatic heterocycles. The Hall–Kier alpha value is -1.40. The van der Waals surface area contributed by atoms with Gasteiger partial charge in [-0.1, -0.05) is 6.07 Å². The second-order valence-corrected chi connectivity index (χ2v) is 7.67. The zero-order valence-corrected chi connectivity index (χ0v) is 13.0. The Kier molecular flexibility index (Phi) is 4.94. The summed E-state index contributed by atoms with van der Waals surface area (Å²) < 4.78 is 29.7. The minimum Gasteiger partial charge on any atom is -0.478 e. The highest BCUT2D eigenvalue weighted by atomic mass is 32.2. The van der Waals surface area contributed by atoms with E-state index in [1.54, 1.807) is 6.92 Å². The highest BCUT2D eigenvalue weighted by molar-refractivity contribution is 7.91. The first-order valence-electron chi connectivity index (χ1n) is 6.23. The highest BCUT2D eigenvalue weighted by Gasteiger charge is 2.19. The van der Waals surface area contributed by atoms with Crippen molar-refractivity contribution in [2.24, 2.45) is 0 Å². The van der Waals surface area contributed by atoms with Crippen LogP contribution in [0.5, 0.6) is 0 Å². The van der Waals surface area contributed by atoms with Gasteiger partial charge >= 0.3 is 5.97 Å². The monoisotopic (exact) mass is 300 g/mol. The van der Waals surface area contributed by atoms with E-state index >= 15 is 0 Å². The standard InChI is InChI=1S/C14H20O5S/c1-10-5-6-11(9-12(10)13(15)16)20(17,18)8-7-19-14(2,3)4/h5-6,9H,7-8H2,1-4H3,(H,15,16). The molecule has 0 unspecified atom stereocenters. The van der Waals surface area contributed by atoms with Crippen molar-refractivity contribution in [2.75, 3.05) is 12.4 Å². The lowest BCUT2D eigenvalue weighted by atomic mass is 10.1. The molecule has 0 radical (unpaired) electrons. The van der Waals surface area contributed by atoms with E-state index in [0.29, 0.717) is 5.56 Å². The fourth-order valence-electron chi connectivity index (χ4n) is 1.60. The summed E-state index contributed by atoms with van der Waals surface area (Å²) in [7, 11) is -3.54. The Bertz CT molecular complexity index is 596. The quantitative estimate of drug-likeness (QED) is 0.902. The Morgan fingerprint density at radius 3 is 2.40 bits per heavy atom. The van der Waals surface area contributed by atoms with Crippen molar-refractivity contribution in [2.45, 2.75) is 38.2 Å². The maximum absolute atomic E-state index is 12.1. The van der Waals surface area contributed by atoms with Crippen LogP contribution < -0.4 is 0 Å². The molecule has 0 saturated carbocycles. The van der Waals surface area contributed by atoms with E-state index in [9.17, 15) is 13.2 Å². The van der Waals surface area contributed by atoms with Crippen LogP contribution in [0, 0.1) is 6.92 Å². The molecule has 6 heteroatoms. The zero-order valence-electron chi connectivity index (χ0n) is 12.1. The molecule has 0 aliphatic carbocycles. The summed E-state index contributed by atoms with van der Waals surface area (Å²) in [4.78, 5) is 11.0. The van der Waals surface area contributed by atoms with Crippen LogP contribution in [0.25, 0.3) is 0 Å². The molecular weight excluding hydrogens is 280 g/mol. The molecule has 1 N–H and O–H groups in total. The average molecular weight is 300 g/mol. The normalized spacial score (nSPS) is 12.4. The first kappa shape index (κ1) is 16.7. The smallest absolute Gasteiger partial charge is 0.335 e. The van der Waals surface area contributed by atoms with Gasteiger partial charge in [-0.25, -0.2) is 13.2 Å². The molecule has 5 nitrogen and oxygen atoms in total. The average Bonchev–Trinajstić information content (AvgIpc) is 2.26. The molecule has 0 heterocycles. The lowest BCUT2D eigenvalue weighted by Crippen LogP contribution is -2.23. The number of hydrogen-bond acceptors (Lipinski definition) is 4. The van der Waals surface area contributed by atoms with Gasteiger partial charge in [0.2, 0.25) is 0 Å². The third kappa shape index (κ3) is 4.61. The summed E-state index contributed by atoms with van der Waals surface area (Å²) in [5, 5.41) is 9.02. The van der Waals surface area contributed by atoms with E-state index in [4.69, 9.17) is 9.84 Å². The van der Waals surface area contributed by atoms with Crippen molar-refractivity contribution < 1.29 is 23.1 Å². The van der Waals surface area contributed by atoms with Crippen LogP contribution in [0.3, 0.4) is 0 Å². The Balaban J connectivity index is 2.93. The van der Waals surface area contributed by atoms with E-state index in [-0.39, 0.29) is 22.8 Å². The molecule has 0 aliphatic rings. The van der Waals surface area contributed by atoms with Crippen LogP contribution in [0.2, 0.25) is 0 Å². The predicted octanol–water partition coefficient (Wildman–Crippen LogP) is 2.28. The number of sulfone groups is 1. The second-order valence-electron chi connectivity index (χ2n) is 5.56. The van der Waals surface area contributed by atoms with E-state index in [1.165, 1.54) is 18.2 Å². The van der Waals surface area contributed by atoms with Crippen LogP contribution in [0.4, 0.5) is 0 Å². The molecule has 0 amide bonds. The van der Waals surface area contributed by atoms with Crippen molar-refractivity contribution in [3.05, 3.63) is 29.3 Å². The van der Waals surface area contributed by atoms with Gasteiger partial charge in [0, 0.05) is 0 Å². The number of benzene rings is 1. The van der Waals surface area contributed by atoms with E-state index in [0.717, 1.165) is 0 Å².